The van der Waals surface area contributed by atoms with Crippen molar-refractivity contribution in [3.8, 4) is 0 Å². The van der Waals surface area contributed by atoms with Crippen LogP contribution in [0.15, 0.2) is 0 Å². The van der Waals surface area contributed by atoms with Gasteiger partial charge in [0.15, 0.2) is 0 Å². The normalized spacial score (nSPS) is 37.7. The number of rotatable bonds is 8. The van der Waals surface area contributed by atoms with E-state index in [4.69, 9.17) is 27.3 Å². The summed E-state index contributed by atoms with van der Waals surface area (Å²) in [6.45, 7) is 3.33. The van der Waals surface area contributed by atoms with Crippen LogP contribution in [0.4, 0.5) is 0 Å². The van der Waals surface area contributed by atoms with E-state index < -0.39 is 0 Å². The van der Waals surface area contributed by atoms with Crippen LogP contribution in [0.5, 0.6) is 0 Å². The number of nitrogens with two attached hydrogens (primary N) is 3. The second-order valence-corrected chi connectivity index (χ2v) is 13.3. The smallest absolute Gasteiger partial charge is 0.241 e. The summed E-state index contributed by atoms with van der Waals surface area (Å²) in [6, 6.07) is -0.112. The Morgan fingerprint density at radius 3 is 2.21 bits per heavy atom. The number of amides is 1. The van der Waals surface area contributed by atoms with Gasteiger partial charge in [-0.15, -0.1) is 0 Å². The van der Waals surface area contributed by atoms with Crippen LogP contribution in [-0.2, 0) is 9.53 Å². The van der Waals surface area contributed by atoms with Crippen molar-refractivity contribution in [3.63, 3.8) is 0 Å². The molecular weight excluding hydrogens is 476 g/mol. The minimum atomic E-state index is -0.238. The molecule has 0 aromatic heterocycles. The minimum Gasteiger partial charge on any atom is -0.387 e. The summed E-state index contributed by atoms with van der Waals surface area (Å²) in [5, 5.41) is 8.12. The summed E-state index contributed by atoms with van der Waals surface area (Å²) in [4.78, 5) is 18.7. The zero-order valence-electron chi connectivity index (χ0n) is 23.6. The van der Waals surface area contributed by atoms with Crippen molar-refractivity contribution in [1.82, 2.24) is 9.80 Å². The zero-order chi connectivity index (χ0) is 26.6. The van der Waals surface area contributed by atoms with Crippen molar-refractivity contribution in [3.05, 3.63) is 0 Å². The lowest BCUT2D eigenvalue weighted by molar-refractivity contribution is -0.138. The number of amidine groups is 1. The average Bonchev–Trinajstić information content (AvgIpc) is 3.21. The van der Waals surface area contributed by atoms with Crippen molar-refractivity contribution < 1.29 is 9.53 Å². The number of hydrogen-bond acceptors (Lipinski definition) is 6. The van der Waals surface area contributed by atoms with Gasteiger partial charge in [-0.2, -0.15) is 0 Å². The summed E-state index contributed by atoms with van der Waals surface area (Å²) in [5.74, 6) is 2.20. The molecule has 2 saturated heterocycles. The summed E-state index contributed by atoms with van der Waals surface area (Å²) >= 11 is 0. The maximum atomic E-state index is 14.1. The van der Waals surface area contributed by atoms with Crippen molar-refractivity contribution >= 4 is 11.7 Å². The molecule has 0 spiro atoms. The van der Waals surface area contributed by atoms with Crippen molar-refractivity contribution in [2.45, 2.75) is 127 Å². The topological polar surface area (TPSA) is 135 Å². The van der Waals surface area contributed by atoms with E-state index in [1.54, 1.807) is 0 Å². The lowest BCUT2D eigenvalue weighted by atomic mass is 9.76. The number of hydrogen-bond donors (Lipinski definition) is 4. The molecule has 0 aromatic carbocycles. The Labute approximate surface area is 230 Å². The molecule has 7 N–H and O–H groups in total. The third-order valence-electron chi connectivity index (χ3n) is 10.9. The second-order valence-electron chi connectivity index (χ2n) is 13.3. The maximum absolute atomic E-state index is 14.1. The van der Waals surface area contributed by atoms with E-state index in [9.17, 15) is 4.79 Å². The van der Waals surface area contributed by atoms with Crippen LogP contribution < -0.4 is 17.2 Å². The molecule has 0 bridgehead atoms. The first-order chi connectivity index (χ1) is 18.4. The lowest BCUT2D eigenvalue weighted by Gasteiger charge is -2.41. The number of ether oxygens (including phenoxy) is 1. The van der Waals surface area contributed by atoms with Crippen LogP contribution in [0.25, 0.3) is 0 Å². The largest absolute Gasteiger partial charge is 0.387 e. The van der Waals surface area contributed by atoms with E-state index in [0.717, 1.165) is 77.5 Å². The number of likely N-dealkylation sites (tertiary alicyclic amines) is 2. The molecule has 216 valence electrons. The molecule has 5 rings (SSSR count). The van der Waals surface area contributed by atoms with Gasteiger partial charge in [-0.05, 0) is 101 Å². The van der Waals surface area contributed by atoms with E-state index >= 15 is 0 Å². The van der Waals surface area contributed by atoms with E-state index in [-0.39, 0.29) is 30.0 Å². The van der Waals surface area contributed by atoms with Gasteiger partial charge < -0.3 is 26.8 Å². The zero-order valence-corrected chi connectivity index (χ0v) is 23.6. The Morgan fingerprint density at radius 1 is 0.868 bits per heavy atom. The van der Waals surface area contributed by atoms with Gasteiger partial charge in [0.2, 0.25) is 5.91 Å². The highest BCUT2D eigenvalue weighted by Gasteiger charge is 2.53. The van der Waals surface area contributed by atoms with Gasteiger partial charge in [-0.25, -0.2) is 0 Å². The van der Waals surface area contributed by atoms with Gasteiger partial charge in [0.05, 0.1) is 18.0 Å². The molecule has 0 radical (unpaired) electrons. The molecule has 8 heteroatoms. The molecule has 5 atom stereocenters. The molecule has 0 aromatic rings. The Balaban J connectivity index is 1.24. The molecular formula is C30H54N6O2. The number of piperidine rings is 1. The summed E-state index contributed by atoms with van der Waals surface area (Å²) in [5.41, 5.74) is 18.7. The Morgan fingerprint density at radius 2 is 1.55 bits per heavy atom. The SMILES string of the molecule is N=C(N)C1CCC2C(N)C(C(=O)N3CCC(CCN)CC3)N(CC3CCC(OC4CCCCC4)CC3)C2C1. The van der Waals surface area contributed by atoms with Gasteiger partial charge in [0.25, 0.3) is 0 Å². The van der Waals surface area contributed by atoms with Crippen LogP contribution in [-0.4, -0.2) is 78.1 Å². The standard InChI is InChI=1S/C30H54N6O2/c31-15-12-20-13-16-35(17-14-20)30(37)28-27(32)25-11-8-22(29(33)34)18-26(25)36(28)19-21-6-9-24(10-7-21)38-23-4-2-1-3-5-23/h20-28H,1-19,31-32H2,(H3,33,34). The van der Waals surface area contributed by atoms with Crippen LogP contribution in [0.1, 0.15) is 96.3 Å². The Kier molecular flexibility index (Phi) is 9.66. The maximum Gasteiger partial charge on any atom is 0.241 e. The second kappa shape index (κ2) is 13.0. The quantitative estimate of drug-likeness (QED) is 0.281. The minimum absolute atomic E-state index is 0.117. The van der Waals surface area contributed by atoms with Crippen LogP contribution in [0.3, 0.4) is 0 Å². The molecule has 3 saturated carbocycles. The van der Waals surface area contributed by atoms with Crippen LogP contribution >= 0.6 is 0 Å². The lowest BCUT2D eigenvalue weighted by Crippen LogP contribution is -2.55. The number of nitrogens with zero attached hydrogens (tertiary/aromatic N) is 2. The fraction of sp³-hybridized carbons (Fsp3) is 0.933. The van der Waals surface area contributed by atoms with Crippen molar-refractivity contribution in [2.75, 3.05) is 26.2 Å². The summed E-state index contributed by atoms with van der Waals surface area (Å²) < 4.78 is 6.52. The molecule has 8 nitrogen and oxygen atoms in total. The number of carbonyl (C=O) groups excluding carboxylic acids is 1. The third kappa shape index (κ3) is 6.39. The number of carbonyl (C=O) groups is 1. The Hall–Kier alpha value is -1.22. The Bertz CT molecular complexity index is 788. The summed E-state index contributed by atoms with van der Waals surface area (Å²) in [7, 11) is 0. The monoisotopic (exact) mass is 530 g/mol. The van der Waals surface area contributed by atoms with Crippen LogP contribution in [0.2, 0.25) is 0 Å². The van der Waals surface area contributed by atoms with E-state index in [1.807, 2.05) is 0 Å². The van der Waals surface area contributed by atoms with Crippen LogP contribution in [0, 0.1) is 29.1 Å². The van der Waals surface area contributed by atoms with E-state index in [0.29, 0.717) is 35.8 Å². The fourth-order valence-electron chi connectivity index (χ4n) is 8.59. The highest BCUT2D eigenvalue weighted by atomic mass is 16.5. The van der Waals surface area contributed by atoms with E-state index in [1.165, 1.54) is 44.9 Å². The van der Waals surface area contributed by atoms with Gasteiger partial charge in [0.1, 0.15) is 6.04 Å². The fourth-order valence-corrected chi connectivity index (χ4v) is 8.59. The number of nitrogens with one attached hydrogen (secondary N) is 1. The molecule has 5 unspecified atom stereocenters. The first-order valence-corrected chi connectivity index (χ1v) is 15.9. The highest BCUT2D eigenvalue weighted by molar-refractivity contribution is 5.84. The first-order valence-electron chi connectivity index (χ1n) is 15.9. The number of fused-ring (bicyclic) bond motifs is 1. The molecule has 3 aliphatic carbocycles. The van der Waals surface area contributed by atoms with Gasteiger partial charge in [-0.3, -0.25) is 15.1 Å². The predicted molar refractivity (Wildman–Crippen MR) is 152 cm³/mol. The molecule has 38 heavy (non-hydrogen) atoms. The van der Waals surface area contributed by atoms with Gasteiger partial charge in [0, 0.05) is 37.6 Å². The molecule has 5 fully saturated rings. The summed E-state index contributed by atoms with van der Waals surface area (Å²) in [6.07, 6.45) is 17.9. The highest BCUT2D eigenvalue weighted by Crippen LogP contribution is 2.43. The third-order valence-corrected chi connectivity index (χ3v) is 10.9. The van der Waals surface area contributed by atoms with Gasteiger partial charge >= 0.3 is 0 Å². The van der Waals surface area contributed by atoms with E-state index in [2.05, 4.69) is 9.80 Å². The first kappa shape index (κ1) is 28.3. The average molecular weight is 531 g/mol. The van der Waals surface area contributed by atoms with Crippen molar-refractivity contribution in [1.29, 1.82) is 5.41 Å². The van der Waals surface area contributed by atoms with Gasteiger partial charge in [-0.1, -0.05) is 19.3 Å². The molecule has 1 amide bonds. The molecule has 2 aliphatic heterocycles. The molecule has 2 heterocycles. The van der Waals surface area contributed by atoms with Crippen molar-refractivity contribution in [2.24, 2.45) is 40.9 Å². The molecule has 5 aliphatic rings. The predicted octanol–water partition coefficient (Wildman–Crippen LogP) is 3.21.